The predicted molar refractivity (Wildman–Crippen MR) is 87.0 cm³/mol. The maximum absolute atomic E-state index is 12.9. The predicted octanol–water partition coefficient (Wildman–Crippen LogP) is 3.32. The van der Waals surface area contributed by atoms with Crippen molar-refractivity contribution < 1.29 is 8.42 Å². The van der Waals surface area contributed by atoms with Gasteiger partial charge in [0.1, 0.15) is 4.90 Å². The van der Waals surface area contributed by atoms with Gasteiger partial charge < -0.3 is 5.32 Å². The smallest absolute Gasteiger partial charge is 0.245 e. The van der Waals surface area contributed by atoms with Gasteiger partial charge in [-0.3, -0.25) is 0 Å². The Balaban J connectivity index is 2.20. The van der Waals surface area contributed by atoms with Crippen molar-refractivity contribution in [1.82, 2.24) is 4.31 Å². The number of nitrogens with one attached hydrogen (secondary N) is 1. The van der Waals surface area contributed by atoms with Gasteiger partial charge in [-0.15, -0.1) is 0 Å². The fourth-order valence-corrected chi connectivity index (χ4v) is 4.43. The Morgan fingerprint density at radius 3 is 2.48 bits per heavy atom. The van der Waals surface area contributed by atoms with Crippen molar-refractivity contribution in [2.45, 2.75) is 44.4 Å². The highest BCUT2D eigenvalue weighted by Crippen LogP contribution is 2.29. The summed E-state index contributed by atoms with van der Waals surface area (Å²) in [5, 5.41) is 3.22. The molecule has 4 nitrogen and oxygen atoms in total. The fourth-order valence-electron chi connectivity index (χ4n) is 2.79. The molecule has 5 heteroatoms. The first kappa shape index (κ1) is 16.3. The summed E-state index contributed by atoms with van der Waals surface area (Å²) in [7, 11) is -3.38. The second kappa shape index (κ2) is 7.27. The third-order valence-electron chi connectivity index (χ3n) is 4.22. The molecule has 0 amide bonds. The van der Waals surface area contributed by atoms with E-state index in [4.69, 9.17) is 0 Å². The first-order valence-corrected chi connectivity index (χ1v) is 9.36. The second-order valence-electron chi connectivity index (χ2n) is 5.68. The zero-order chi connectivity index (χ0) is 15.3. The SMILES string of the molecule is CCCNc1ccccc1S(=O)(=O)N1CCC(CC)CC1. The van der Waals surface area contributed by atoms with Crippen molar-refractivity contribution in [2.75, 3.05) is 25.0 Å². The molecule has 0 atom stereocenters. The molecule has 1 saturated heterocycles. The van der Waals surface area contributed by atoms with Crippen molar-refractivity contribution in [3.8, 4) is 0 Å². The van der Waals surface area contributed by atoms with Crippen LogP contribution in [-0.4, -0.2) is 32.4 Å². The number of para-hydroxylation sites is 1. The monoisotopic (exact) mass is 310 g/mol. The van der Waals surface area contributed by atoms with Crippen LogP contribution in [0, 0.1) is 5.92 Å². The molecule has 0 aliphatic carbocycles. The third-order valence-corrected chi connectivity index (χ3v) is 6.18. The third kappa shape index (κ3) is 3.77. The van der Waals surface area contributed by atoms with Gasteiger partial charge in [0.25, 0.3) is 0 Å². The van der Waals surface area contributed by atoms with Crippen molar-refractivity contribution in [1.29, 1.82) is 0 Å². The van der Waals surface area contributed by atoms with Gasteiger partial charge in [-0.25, -0.2) is 8.42 Å². The Bertz CT molecular complexity index is 549. The van der Waals surface area contributed by atoms with Crippen molar-refractivity contribution in [3.63, 3.8) is 0 Å². The molecule has 21 heavy (non-hydrogen) atoms. The number of hydrogen-bond acceptors (Lipinski definition) is 3. The largest absolute Gasteiger partial charge is 0.384 e. The lowest BCUT2D eigenvalue weighted by Crippen LogP contribution is -2.38. The molecule has 1 aliphatic heterocycles. The summed E-state index contributed by atoms with van der Waals surface area (Å²) in [6, 6.07) is 7.23. The molecule has 0 spiro atoms. The van der Waals surface area contributed by atoms with Crippen LogP contribution in [0.5, 0.6) is 0 Å². The van der Waals surface area contributed by atoms with E-state index >= 15 is 0 Å². The minimum absolute atomic E-state index is 0.411. The van der Waals surface area contributed by atoms with Crippen molar-refractivity contribution >= 4 is 15.7 Å². The Labute approximate surface area is 128 Å². The van der Waals surface area contributed by atoms with Gasteiger partial charge in [-0.2, -0.15) is 4.31 Å². The first-order valence-electron chi connectivity index (χ1n) is 7.92. The molecule has 1 aromatic carbocycles. The molecule has 0 radical (unpaired) electrons. The average Bonchev–Trinajstić information content (AvgIpc) is 2.53. The Kier molecular flexibility index (Phi) is 5.65. The molecule has 1 aromatic rings. The van der Waals surface area contributed by atoms with Gasteiger partial charge in [0.15, 0.2) is 0 Å². The Morgan fingerprint density at radius 1 is 1.19 bits per heavy atom. The lowest BCUT2D eigenvalue weighted by Gasteiger charge is -2.31. The van der Waals surface area contributed by atoms with Crippen LogP contribution in [0.3, 0.4) is 0 Å². The Morgan fingerprint density at radius 2 is 1.86 bits per heavy atom. The van der Waals surface area contributed by atoms with Gasteiger partial charge >= 0.3 is 0 Å². The zero-order valence-corrected chi connectivity index (χ0v) is 13.8. The van der Waals surface area contributed by atoms with E-state index in [-0.39, 0.29) is 0 Å². The van der Waals surface area contributed by atoms with E-state index in [1.165, 1.54) is 0 Å². The lowest BCUT2D eigenvalue weighted by molar-refractivity contribution is 0.269. The van der Waals surface area contributed by atoms with E-state index in [0.29, 0.717) is 23.9 Å². The summed E-state index contributed by atoms with van der Waals surface area (Å²) >= 11 is 0. The molecule has 0 unspecified atom stereocenters. The molecule has 0 saturated carbocycles. The van der Waals surface area contributed by atoms with E-state index in [2.05, 4.69) is 19.2 Å². The van der Waals surface area contributed by atoms with Gasteiger partial charge in [0.2, 0.25) is 10.0 Å². The number of rotatable bonds is 6. The average molecular weight is 310 g/mol. The van der Waals surface area contributed by atoms with Gasteiger partial charge in [-0.1, -0.05) is 32.4 Å². The van der Waals surface area contributed by atoms with Crippen LogP contribution in [0.2, 0.25) is 0 Å². The molecular formula is C16H26N2O2S. The van der Waals surface area contributed by atoms with Crippen LogP contribution in [0.4, 0.5) is 5.69 Å². The van der Waals surface area contributed by atoms with E-state index in [1.807, 2.05) is 12.1 Å². The van der Waals surface area contributed by atoms with Gasteiger partial charge in [0, 0.05) is 19.6 Å². The summed E-state index contributed by atoms with van der Waals surface area (Å²) in [4.78, 5) is 0.411. The van der Waals surface area contributed by atoms with Crippen LogP contribution < -0.4 is 5.32 Å². The van der Waals surface area contributed by atoms with Gasteiger partial charge in [-0.05, 0) is 37.3 Å². The summed E-state index contributed by atoms with van der Waals surface area (Å²) in [5.41, 5.74) is 0.719. The topological polar surface area (TPSA) is 49.4 Å². The highest BCUT2D eigenvalue weighted by molar-refractivity contribution is 7.89. The summed E-state index contributed by atoms with van der Waals surface area (Å²) in [5.74, 6) is 0.671. The van der Waals surface area contributed by atoms with Gasteiger partial charge in [0.05, 0.1) is 5.69 Å². The summed E-state index contributed by atoms with van der Waals surface area (Å²) < 4.78 is 27.3. The van der Waals surface area contributed by atoms with E-state index in [0.717, 1.165) is 37.9 Å². The summed E-state index contributed by atoms with van der Waals surface area (Å²) in [6.07, 6.45) is 4.05. The molecule has 118 valence electrons. The Hall–Kier alpha value is -1.07. The minimum Gasteiger partial charge on any atom is -0.384 e. The van der Waals surface area contributed by atoms with Crippen LogP contribution in [0.15, 0.2) is 29.2 Å². The van der Waals surface area contributed by atoms with Crippen molar-refractivity contribution in [2.24, 2.45) is 5.92 Å². The van der Waals surface area contributed by atoms with Crippen LogP contribution in [-0.2, 0) is 10.0 Å². The minimum atomic E-state index is -3.38. The van der Waals surface area contributed by atoms with E-state index in [9.17, 15) is 8.42 Å². The van der Waals surface area contributed by atoms with Crippen molar-refractivity contribution in [3.05, 3.63) is 24.3 Å². The number of sulfonamides is 1. The number of hydrogen-bond donors (Lipinski definition) is 1. The summed E-state index contributed by atoms with van der Waals surface area (Å²) in [6.45, 7) is 6.31. The maximum Gasteiger partial charge on any atom is 0.245 e. The van der Waals surface area contributed by atoms with Crippen LogP contribution >= 0.6 is 0 Å². The number of nitrogens with zero attached hydrogens (tertiary/aromatic N) is 1. The fraction of sp³-hybridized carbons (Fsp3) is 0.625. The normalized spacial score (nSPS) is 17.8. The second-order valence-corrected chi connectivity index (χ2v) is 7.59. The number of anilines is 1. The molecule has 1 aliphatic rings. The van der Waals surface area contributed by atoms with E-state index < -0.39 is 10.0 Å². The molecule has 1 fully saturated rings. The molecule has 1 N–H and O–H groups in total. The van der Waals surface area contributed by atoms with E-state index in [1.54, 1.807) is 16.4 Å². The lowest BCUT2D eigenvalue weighted by atomic mass is 9.96. The van der Waals surface area contributed by atoms with Crippen LogP contribution in [0.1, 0.15) is 39.5 Å². The quantitative estimate of drug-likeness (QED) is 0.877. The molecule has 2 rings (SSSR count). The standard InChI is InChI=1S/C16H26N2O2S/c1-3-11-17-15-7-5-6-8-16(15)21(19,20)18-12-9-14(4-2)10-13-18/h5-8,14,17H,3-4,9-13H2,1-2H3. The first-order chi connectivity index (χ1) is 10.1. The molecular weight excluding hydrogens is 284 g/mol. The van der Waals surface area contributed by atoms with Crippen LogP contribution in [0.25, 0.3) is 0 Å². The maximum atomic E-state index is 12.9. The molecule has 1 heterocycles. The zero-order valence-electron chi connectivity index (χ0n) is 13.0. The highest BCUT2D eigenvalue weighted by atomic mass is 32.2. The highest BCUT2D eigenvalue weighted by Gasteiger charge is 2.30. The molecule has 0 aromatic heterocycles. The number of piperidine rings is 1. The molecule has 0 bridgehead atoms. The number of benzene rings is 1.